The first kappa shape index (κ1) is 26.5. The third kappa shape index (κ3) is 7.37. The minimum atomic E-state index is -4.54. The van der Waals surface area contributed by atoms with Crippen molar-refractivity contribution in [2.75, 3.05) is 19.8 Å². The number of ether oxygens (including phenoxy) is 1. The molecule has 2 aromatic rings. The Morgan fingerprint density at radius 2 is 1.66 bits per heavy atom. The van der Waals surface area contributed by atoms with Crippen LogP contribution in [0.1, 0.15) is 53.9 Å². The molecule has 0 heterocycles. The number of rotatable bonds is 11. The second-order valence-electron chi connectivity index (χ2n) is 8.48. The summed E-state index contributed by atoms with van der Waals surface area (Å²) in [5.74, 6) is 0.481. The van der Waals surface area contributed by atoms with E-state index in [4.69, 9.17) is 10.5 Å². The van der Waals surface area contributed by atoms with Gasteiger partial charge < -0.3 is 20.7 Å². The quantitative estimate of drug-likeness (QED) is 0.416. The maximum absolute atomic E-state index is 13.6. The van der Waals surface area contributed by atoms with E-state index in [9.17, 15) is 23.4 Å². The first-order valence-corrected chi connectivity index (χ1v) is 10.7. The van der Waals surface area contributed by atoms with E-state index in [-0.39, 0.29) is 37.6 Å². The molecule has 1 aliphatic rings. The molecule has 178 valence electrons. The molecule has 0 amide bonds. The van der Waals surface area contributed by atoms with Gasteiger partial charge in [0.15, 0.2) is 0 Å². The van der Waals surface area contributed by atoms with Crippen LogP contribution in [0.2, 0.25) is 0 Å². The number of benzene rings is 2. The van der Waals surface area contributed by atoms with E-state index < -0.39 is 30.5 Å². The van der Waals surface area contributed by atoms with Gasteiger partial charge in [0.2, 0.25) is 0 Å². The van der Waals surface area contributed by atoms with Crippen LogP contribution >= 0.6 is 12.4 Å². The molecular weight excluding hydrogens is 443 g/mol. The molecule has 4 N–H and O–H groups in total. The van der Waals surface area contributed by atoms with E-state index in [1.165, 1.54) is 30.0 Å². The van der Waals surface area contributed by atoms with Gasteiger partial charge in [-0.3, -0.25) is 0 Å². The second-order valence-corrected chi connectivity index (χ2v) is 8.48. The van der Waals surface area contributed by atoms with Crippen molar-refractivity contribution >= 4 is 12.4 Å². The molecule has 3 rings (SSSR count). The molecular formula is C24H31ClF3NO3. The Balaban J connectivity index is 0.00000363. The molecule has 32 heavy (non-hydrogen) atoms. The van der Waals surface area contributed by atoms with Crippen LogP contribution in [0.25, 0.3) is 0 Å². The molecule has 0 radical (unpaired) electrons. The van der Waals surface area contributed by atoms with Crippen LogP contribution in [0.4, 0.5) is 13.2 Å². The number of aliphatic hydroxyl groups excluding tert-OH is 2. The molecule has 0 bridgehead atoms. The predicted molar refractivity (Wildman–Crippen MR) is 120 cm³/mol. The third-order valence-corrected chi connectivity index (χ3v) is 5.76. The highest BCUT2D eigenvalue weighted by molar-refractivity contribution is 5.85. The van der Waals surface area contributed by atoms with Gasteiger partial charge in [0, 0.05) is 0 Å². The zero-order valence-corrected chi connectivity index (χ0v) is 18.7. The molecule has 1 saturated carbocycles. The van der Waals surface area contributed by atoms with Crippen molar-refractivity contribution in [2.24, 2.45) is 5.73 Å². The van der Waals surface area contributed by atoms with Crippen LogP contribution in [-0.4, -0.2) is 35.6 Å². The van der Waals surface area contributed by atoms with Crippen LogP contribution < -0.4 is 10.5 Å². The lowest BCUT2D eigenvalue weighted by Gasteiger charge is -2.24. The fourth-order valence-electron chi connectivity index (χ4n) is 3.56. The van der Waals surface area contributed by atoms with Crippen LogP contribution in [-0.2, 0) is 19.0 Å². The maximum Gasteiger partial charge on any atom is 0.419 e. The van der Waals surface area contributed by atoms with E-state index >= 15 is 0 Å². The Morgan fingerprint density at radius 1 is 0.969 bits per heavy atom. The number of halogens is 4. The lowest BCUT2D eigenvalue weighted by Crippen LogP contribution is -2.47. The SMILES string of the molecule is Cl.NC(CO)(CO)CCc1ccc(OCCCc2cccc(C3CC3)c2)c(C(F)(F)F)c1. The molecule has 1 fully saturated rings. The molecule has 0 aliphatic heterocycles. The van der Waals surface area contributed by atoms with Gasteiger partial charge in [0.25, 0.3) is 0 Å². The molecule has 8 heteroatoms. The Bertz CT molecular complexity index is 868. The van der Waals surface area contributed by atoms with Crippen molar-refractivity contribution in [3.63, 3.8) is 0 Å². The lowest BCUT2D eigenvalue weighted by atomic mass is 9.93. The van der Waals surface area contributed by atoms with E-state index in [1.807, 2.05) is 12.1 Å². The minimum absolute atomic E-state index is 0. The number of alkyl halides is 3. The summed E-state index contributed by atoms with van der Waals surface area (Å²) in [6.45, 7) is -0.697. The Morgan fingerprint density at radius 3 is 2.28 bits per heavy atom. The Hall–Kier alpha value is -1.80. The standard InChI is InChI=1S/C24H30F3NO3.ClH/c25-24(26,27)21-14-18(10-11-23(28,15-29)16-30)6-9-22(21)31-12-2-4-17-3-1-5-20(13-17)19-7-8-19;/h1,3,5-6,9,13-14,19,29-30H,2,4,7-8,10-12,15-16,28H2;1H. The summed E-state index contributed by atoms with van der Waals surface area (Å²) in [6.07, 6.45) is -0.339. The zero-order valence-electron chi connectivity index (χ0n) is 17.9. The van der Waals surface area contributed by atoms with Crippen molar-refractivity contribution in [3.8, 4) is 5.75 Å². The second kappa shape index (κ2) is 11.4. The minimum Gasteiger partial charge on any atom is -0.493 e. The lowest BCUT2D eigenvalue weighted by molar-refractivity contribution is -0.139. The molecule has 0 saturated heterocycles. The smallest absolute Gasteiger partial charge is 0.419 e. The van der Waals surface area contributed by atoms with Crippen molar-refractivity contribution in [1.29, 1.82) is 0 Å². The maximum atomic E-state index is 13.6. The van der Waals surface area contributed by atoms with E-state index in [1.54, 1.807) is 6.07 Å². The van der Waals surface area contributed by atoms with E-state index in [0.717, 1.165) is 12.5 Å². The summed E-state index contributed by atoms with van der Waals surface area (Å²) in [5, 5.41) is 18.5. The number of nitrogens with two attached hydrogens (primary N) is 1. The fourth-order valence-corrected chi connectivity index (χ4v) is 3.56. The number of hydrogen-bond acceptors (Lipinski definition) is 4. The van der Waals surface area contributed by atoms with Crippen molar-refractivity contribution in [2.45, 2.75) is 56.2 Å². The van der Waals surface area contributed by atoms with Gasteiger partial charge in [-0.25, -0.2) is 0 Å². The van der Waals surface area contributed by atoms with Gasteiger partial charge in [0.1, 0.15) is 5.75 Å². The first-order valence-electron chi connectivity index (χ1n) is 10.7. The summed E-state index contributed by atoms with van der Waals surface area (Å²) in [6, 6.07) is 12.4. The number of hydrogen-bond donors (Lipinski definition) is 3. The Labute approximate surface area is 193 Å². The van der Waals surface area contributed by atoms with E-state index in [0.29, 0.717) is 17.9 Å². The highest BCUT2D eigenvalue weighted by atomic mass is 35.5. The molecule has 0 atom stereocenters. The van der Waals surface area contributed by atoms with Gasteiger partial charge in [-0.15, -0.1) is 12.4 Å². The predicted octanol–water partition coefficient (Wildman–Crippen LogP) is 4.63. The van der Waals surface area contributed by atoms with Crippen LogP contribution in [0, 0.1) is 0 Å². The Kier molecular flexibility index (Phi) is 9.40. The average molecular weight is 474 g/mol. The highest BCUT2D eigenvalue weighted by Crippen LogP contribution is 2.40. The highest BCUT2D eigenvalue weighted by Gasteiger charge is 2.35. The summed E-state index contributed by atoms with van der Waals surface area (Å²) in [5.41, 5.74) is 6.72. The molecule has 1 aliphatic carbocycles. The van der Waals surface area contributed by atoms with Gasteiger partial charge >= 0.3 is 6.18 Å². The fraction of sp³-hybridized carbons (Fsp3) is 0.500. The molecule has 0 unspecified atom stereocenters. The summed E-state index contributed by atoms with van der Waals surface area (Å²) in [7, 11) is 0. The van der Waals surface area contributed by atoms with Crippen LogP contribution in [0.3, 0.4) is 0 Å². The first-order chi connectivity index (χ1) is 14.7. The monoisotopic (exact) mass is 473 g/mol. The van der Waals surface area contributed by atoms with Crippen molar-refractivity contribution < 1.29 is 28.1 Å². The summed E-state index contributed by atoms with van der Waals surface area (Å²) >= 11 is 0. The van der Waals surface area contributed by atoms with Gasteiger partial charge in [0.05, 0.1) is 30.9 Å². The third-order valence-electron chi connectivity index (χ3n) is 5.76. The van der Waals surface area contributed by atoms with Crippen LogP contribution in [0.5, 0.6) is 5.75 Å². The summed E-state index contributed by atoms with van der Waals surface area (Å²) < 4.78 is 46.1. The molecule has 4 nitrogen and oxygen atoms in total. The van der Waals surface area contributed by atoms with Crippen molar-refractivity contribution in [3.05, 3.63) is 64.7 Å². The largest absolute Gasteiger partial charge is 0.493 e. The topological polar surface area (TPSA) is 75.7 Å². The van der Waals surface area contributed by atoms with Crippen molar-refractivity contribution in [1.82, 2.24) is 0 Å². The summed E-state index contributed by atoms with van der Waals surface area (Å²) in [4.78, 5) is 0. The molecule has 0 spiro atoms. The molecule has 2 aromatic carbocycles. The number of aliphatic hydroxyl groups is 2. The van der Waals surface area contributed by atoms with E-state index in [2.05, 4.69) is 12.1 Å². The zero-order chi connectivity index (χ0) is 22.5. The normalized spacial score (nSPS) is 14.2. The van der Waals surface area contributed by atoms with Gasteiger partial charge in [-0.2, -0.15) is 13.2 Å². The molecule has 0 aromatic heterocycles. The van der Waals surface area contributed by atoms with Gasteiger partial charge in [-0.05, 0) is 73.3 Å². The van der Waals surface area contributed by atoms with Gasteiger partial charge in [-0.1, -0.05) is 30.3 Å². The van der Waals surface area contributed by atoms with Crippen LogP contribution in [0.15, 0.2) is 42.5 Å². The number of aryl methyl sites for hydroxylation is 2. The average Bonchev–Trinajstić information content (AvgIpc) is 3.60.